The maximum Gasteiger partial charge on any atom is 0.293 e. The van der Waals surface area contributed by atoms with Gasteiger partial charge in [-0.05, 0) is 46.7 Å². The normalized spacial score (nSPS) is 13.8. The van der Waals surface area contributed by atoms with E-state index < -0.39 is 4.92 Å². The lowest BCUT2D eigenvalue weighted by Crippen LogP contribution is -2.36. The summed E-state index contributed by atoms with van der Waals surface area (Å²) in [5, 5.41) is 16.5. The van der Waals surface area contributed by atoms with Gasteiger partial charge in [-0.1, -0.05) is 18.2 Å². The lowest BCUT2D eigenvalue weighted by Gasteiger charge is -2.28. The monoisotopic (exact) mass is 421 g/mol. The van der Waals surface area contributed by atoms with E-state index in [9.17, 15) is 14.9 Å². The van der Waals surface area contributed by atoms with Gasteiger partial charge in [-0.3, -0.25) is 14.9 Å². The first-order valence-corrected chi connectivity index (χ1v) is 10.0. The van der Waals surface area contributed by atoms with Crippen molar-refractivity contribution in [3.63, 3.8) is 0 Å². The molecule has 160 valence electrons. The molecule has 8 heteroatoms. The topological polar surface area (TPSA) is 93.9 Å². The van der Waals surface area contributed by atoms with Crippen molar-refractivity contribution >= 4 is 28.1 Å². The lowest BCUT2D eigenvalue weighted by molar-refractivity contribution is -0.384. The number of morpholine rings is 1. The summed E-state index contributed by atoms with van der Waals surface area (Å²) < 4.78 is 10.6. The maximum absolute atomic E-state index is 12.6. The first-order valence-electron chi connectivity index (χ1n) is 10.0. The second kappa shape index (κ2) is 9.01. The average molecular weight is 421 g/mol. The number of nitro groups is 1. The first kappa shape index (κ1) is 20.6. The summed E-state index contributed by atoms with van der Waals surface area (Å²) in [5.41, 5.74) is 1.63. The Kier molecular flexibility index (Phi) is 5.99. The summed E-state index contributed by atoms with van der Waals surface area (Å²) in [6.07, 6.45) is 0. The van der Waals surface area contributed by atoms with Crippen molar-refractivity contribution in [3.8, 4) is 5.75 Å². The number of fused-ring (bicyclic) bond motifs is 1. The van der Waals surface area contributed by atoms with Crippen molar-refractivity contribution in [3.05, 3.63) is 75.8 Å². The molecule has 0 radical (unpaired) electrons. The van der Waals surface area contributed by atoms with Crippen LogP contribution in [0.25, 0.3) is 10.8 Å². The summed E-state index contributed by atoms with van der Waals surface area (Å²) in [6.45, 7) is 2.54. The largest absolute Gasteiger partial charge is 0.497 e. The predicted octanol–water partition coefficient (Wildman–Crippen LogP) is 3.52. The molecule has 1 amide bonds. The number of nitrogens with zero attached hydrogens (tertiary/aromatic N) is 2. The minimum Gasteiger partial charge on any atom is -0.497 e. The second-order valence-corrected chi connectivity index (χ2v) is 7.29. The molecule has 1 N–H and O–H groups in total. The Morgan fingerprint density at radius 2 is 1.84 bits per heavy atom. The number of hydrogen-bond donors (Lipinski definition) is 1. The van der Waals surface area contributed by atoms with Crippen LogP contribution in [0, 0.1) is 10.1 Å². The highest BCUT2D eigenvalue weighted by Crippen LogP contribution is 2.30. The van der Waals surface area contributed by atoms with Crippen LogP contribution in [-0.4, -0.2) is 44.2 Å². The molecule has 0 saturated carbocycles. The van der Waals surface area contributed by atoms with Gasteiger partial charge in [0, 0.05) is 31.3 Å². The minimum absolute atomic E-state index is 0.0748. The Bertz CT molecular complexity index is 1130. The van der Waals surface area contributed by atoms with Crippen LogP contribution in [-0.2, 0) is 11.3 Å². The molecule has 0 unspecified atom stereocenters. The van der Waals surface area contributed by atoms with Gasteiger partial charge in [-0.25, -0.2) is 0 Å². The van der Waals surface area contributed by atoms with E-state index in [0.29, 0.717) is 38.5 Å². The zero-order valence-corrected chi connectivity index (χ0v) is 17.2. The Balaban J connectivity index is 1.48. The fraction of sp³-hybridized carbons (Fsp3) is 0.261. The van der Waals surface area contributed by atoms with Crippen molar-refractivity contribution in [1.82, 2.24) is 5.32 Å². The van der Waals surface area contributed by atoms with Gasteiger partial charge in [-0.2, -0.15) is 0 Å². The smallest absolute Gasteiger partial charge is 0.293 e. The minimum atomic E-state index is -0.445. The molecule has 1 aliphatic heterocycles. The van der Waals surface area contributed by atoms with E-state index in [1.807, 2.05) is 41.3 Å². The van der Waals surface area contributed by atoms with E-state index in [1.54, 1.807) is 19.2 Å². The number of methoxy groups -OCH3 is 1. The number of amides is 1. The van der Waals surface area contributed by atoms with Crippen molar-refractivity contribution in [2.45, 2.75) is 6.54 Å². The van der Waals surface area contributed by atoms with Crippen LogP contribution < -0.4 is 15.0 Å². The molecule has 3 aromatic carbocycles. The number of nitro benzene ring substituents is 1. The molecule has 0 bridgehead atoms. The summed E-state index contributed by atoms with van der Waals surface area (Å²) in [4.78, 5) is 25.7. The van der Waals surface area contributed by atoms with Crippen LogP contribution in [0.3, 0.4) is 0 Å². The van der Waals surface area contributed by atoms with Gasteiger partial charge in [0.05, 0.1) is 25.2 Å². The highest BCUT2D eigenvalue weighted by molar-refractivity contribution is 5.96. The Labute approximate surface area is 179 Å². The van der Waals surface area contributed by atoms with Crippen LogP contribution in [0.4, 0.5) is 11.4 Å². The molecular weight excluding hydrogens is 398 g/mol. The van der Waals surface area contributed by atoms with E-state index in [1.165, 1.54) is 6.07 Å². The van der Waals surface area contributed by atoms with E-state index in [0.717, 1.165) is 22.1 Å². The number of ether oxygens (including phenoxy) is 2. The number of anilines is 1. The fourth-order valence-corrected chi connectivity index (χ4v) is 3.68. The van der Waals surface area contributed by atoms with Gasteiger partial charge >= 0.3 is 0 Å². The van der Waals surface area contributed by atoms with Gasteiger partial charge in [0.25, 0.3) is 11.6 Å². The first-order chi connectivity index (χ1) is 15.0. The molecule has 0 atom stereocenters. The number of carbonyl (C=O) groups excluding carboxylic acids is 1. The number of hydrogen-bond acceptors (Lipinski definition) is 6. The molecule has 0 aromatic heterocycles. The third kappa shape index (κ3) is 4.59. The third-order valence-electron chi connectivity index (χ3n) is 5.35. The number of carbonyl (C=O) groups is 1. The van der Waals surface area contributed by atoms with E-state index in [-0.39, 0.29) is 17.2 Å². The van der Waals surface area contributed by atoms with Gasteiger partial charge in [0.15, 0.2) is 0 Å². The zero-order chi connectivity index (χ0) is 21.8. The summed E-state index contributed by atoms with van der Waals surface area (Å²) >= 11 is 0. The molecule has 1 saturated heterocycles. The summed E-state index contributed by atoms with van der Waals surface area (Å²) in [7, 11) is 1.63. The van der Waals surface area contributed by atoms with E-state index >= 15 is 0 Å². The summed E-state index contributed by atoms with van der Waals surface area (Å²) in [5.74, 6) is 0.433. The van der Waals surface area contributed by atoms with Crippen LogP contribution in [0.5, 0.6) is 5.75 Å². The lowest BCUT2D eigenvalue weighted by atomic mass is 10.1. The number of benzene rings is 3. The molecule has 4 rings (SSSR count). The van der Waals surface area contributed by atoms with E-state index in [2.05, 4.69) is 5.32 Å². The number of nitrogens with one attached hydrogen (secondary N) is 1. The quantitative estimate of drug-likeness (QED) is 0.483. The van der Waals surface area contributed by atoms with Gasteiger partial charge in [0.2, 0.25) is 0 Å². The van der Waals surface area contributed by atoms with Gasteiger partial charge in [0.1, 0.15) is 11.4 Å². The van der Waals surface area contributed by atoms with Crippen molar-refractivity contribution in [2.75, 3.05) is 38.3 Å². The molecular formula is C23H23N3O5. The van der Waals surface area contributed by atoms with Crippen molar-refractivity contribution in [2.24, 2.45) is 0 Å². The Morgan fingerprint density at radius 3 is 2.58 bits per heavy atom. The van der Waals surface area contributed by atoms with Gasteiger partial charge < -0.3 is 19.7 Å². The predicted molar refractivity (Wildman–Crippen MR) is 118 cm³/mol. The van der Waals surface area contributed by atoms with Crippen LogP contribution in [0.1, 0.15) is 15.9 Å². The molecule has 0 spiro atoms. The Morgan fingerprint density at radius 1 is 1.10 bits per heavy atom. The van der Waals surface area contributed by atoms with Crippen LogP contribution >= 0.6 is 0 Å². The molecule has 8 nitrogen and oxygen atoms in total. The maximum atomic E-state index is 12.6. The van der Waals surface area contributed by atoms with Crippen LogP contribution in [0.15, 0.2) is 54.6 Å². The van der Waals surface area contributed by atoms with Gasteiger partial charge in [-0.15, -0.1) is 0 Å². The van der Waals surface area contributed by atoms with Crippen LogP contribution in [0.2, 0.25) is 0 Å². The molecule has 1 aliphatic rings. The highest BCUT2D eigenvalue weighted by Gasteiger charge is 2.23. The summed E-state index contributed by atoms with van der Waals surface area (Å²) in [6, 6.07) is 16.3. The SMILES string of the molecule is COc1ccc2cc(CNC(=O)c3ccc(N4CCOCC4)c([N+](=O)[O-])c3)ccc2c1. The standard InChI is InChI=1S/C23H23N3O5/c1-30-20-6-4-17-12-16(2-3-18(17)13-20)15-24-23(27)19-5-7-21(22(14-19)26(28)29)25-8-10-31-11-9-25/h2-7,12-14H,8-11,15H2,1H3,(H,24,27). The molecule has 0 aliphatic carbocycles. The fourth-order valence-electron chi connectivity index (χ4n) is 3.68. The number of rotatable bonds is 6. The van der Waals surface area contributed by atoms with Crippen molar-refractivity contribution in [1.29, 1.82) is 0 Å². The molecule has 3 aromatic rings. The highest BCUT2D eigenvalue weighted by atomic mass is 16.6. The molecule has 1 fully saturated rings. The van der Waals surface area contributed by atoms with E-state index in [4.69, 9.17) is 9.47 Å². The second-order valence-electron chi connectivity index (χ2n) is 7.29. The Hall–Kier alpha value is -3.65. The average Bonchev–Trinajstić information content (AvgIpc) is 2.82. The third-order valence-corrected chi connectivity index (χ3v) is 5.35. The van der Waals surface area contributed by atoms with Crippen molar-refractivity contribution < 1.29 is 19.2 Å². The molecule has 31 heavy (non-hydrogen) atoms. The molecule has 1 heterocycles. The zero-order valence-electron chi connectivity index (χ0n) is 17.2.